The van der Waals surface area contributed by atoms with Gasteiger partial charge in [-0.15, -0.1) is 15.0 Å². The number of carbonyl (C=O) groups excluding carboxylic acids is 1. The number of nitrogens with one attached hydrogen (secondary N) is 1. The number of hydrogen-bond acceptors (Lipinski definition) is 6. The lowest BCUT2D eigenvalue weighted by atomic mass is 10.2. The lowest BCUT2D eigenvalue weighted by Gasteiger charge is -2.28. The van der Waals surface area contributed by atoms with Crippen LogP contribution in [0, 0.1) is 6.92 Å². The fourth-order valence-corrected chi connectivity index (χ4v) is 3.79. The van der Waals surface area contributed by atoms with E-state index in [1.165, 1.54) is 0 Å². The Balaban J connectivity index is 1.25. The fourth-order valence-electron chi connectivity index (χ4n) is 3.79. The van der Waals surface area contributed by atoms with E-state index in [-0.39, 0.29) is 12.5 Å². The minimum absolute atomic E-state index is 0.123. The van der Waals surface area contributed by atoms with Gasteiger partial charge in [0.05, 0.1) is 13.2 Å². The van der Waals surface area contributed by atoms with Crippen LogP contribution < -0.4 is 15.0 Å². The molecule has 0 aliphatic carbocycles. The molecule has 2 heterocycles. The van der Waals surface area contributed by atoms with Crippen LogP contribution >= 0.6 is 0 Å². The summed E-state index contributed by atoms with van der Waals surface area (Å²) in [6.45, 7) is 5.09. The molecule has 1 amide bonds. The maximum atomic E-state index is 12.5. The monoisotopic (exact) mass is 443 g/mol. The van der Waals surface area contributed by atoms with Gasteiger partial charge in [-0.25, -0.2) is 0 Å². The minimum Gasteiger partial charge on any atom is -0.481 e. The van der Waals surface area contributed by atoms with Crippen LogP contribution in [-0.4, -0.2) is 53.8 Å². The molecule has 0 saturated carbocycles. The molecule has 0 spiro atoms. The summed E-state index contributed by atoms with van der Waals surface area (Å²) in [6, 6.07) is 21.2. The molecule has 1 fully saturated rings. The number of aromatic nitrogens is 3. The van der Waals surface area contributed by atoms with Crippen LogP contribution in [0.25, 0.3) is 16.7 Å². The number of morpholine rings is 1. The molecule has 168 valence electrons. The highest BCUT2D eigenvalue weighted by atomic mass is 16.5. The molecule has 1 aliphatic heterocycles. The van der Waals surface area contributed by atoms with Gasteiger partial charge in [0.15, 0.2) is 6.61 Å². The molecule has 1 aromatic heterocycles. The summed E-state index contributed by atoms with van der Waals surface area (Å²) in [5, 5.41) is 12.0. The van der Waals surface area contributed by atoms with E-state index in [1.54, 1.807) is 4.80 Å². The van der Waals surface area contributed by atoms with E-state index in [2.05, 4.69) is 20.4 Å². The van der Waals surface area contributed by atoms with Crippen molar-refractivity contribution in [3.8, 4) is 11.4 Å². The molecule has 8 heteroatoms. The number of rotatable bonds is 6. The zero-order valence-electron chi connectivity index (χ0n) is 18.4. The number of ether oxygens (including phenoxy) is 2. The lowest BCUT2D eigenvalue weighted by molar-refractivity contribution is -0.118. The second-order valence-electron chi connectivity index (χ2n) is 7.93. The summed E-state index contributed by atoms with van der Waals surface area (Å²) in [4.78, 5) is 16.3. The summed E-state index contributed by atoms with van der Waals surface area (Å²) in [7, 11) is 0. The summed E-state index contributed by atoms with van der Waals surface area (Å²) < 4.78 is 11.3. The molecule has 8 nitrogen and oxygen atoms in total. The largest absolute Gasteiger partial charge is 0.481 e. The van der Waals surface area contributed by atoms with E-state index >= 15 is 0 Å². The van der Waals surface area contributed by atoms with Crippen LogP contribution in [0.5, 0.6) is 5.75 Å². The zero-order chi connectivity index (χ0) is 22.6. The normalized spacial score (nSPS) is 13.8. The van der Waals surface area contributed by atoms with Crippen LogP contribution in [-0.2, 0) is 9.53 Å². The second-order valence-corrected chi connectivity index (χ2v) is 7.93. The van der Waals surface area contributed by atoms with Gasteiger partial charge in [0.2, 0.25) is 0 Å². The first-order chi connectivity index (χ1) is 16.2. The number of carbonyl (C=O) groups is 1. The first-order valence-electron chi connectivity index (χ1n) is 10.9. The van der Waals surface area contributed by atoms with Crippen LogP contribution in [0.3, 0.4) is 0 Å². The van der Waals surface area contributed by atoms with Crippen molar-refractivity contribution in [2.24, 2.45) is 0 Å². The molecule has 1 N–H and O–H groups in total. The SMILES string of the molecule is Cc1ccc(OCC(=O)Nc2ccc(N3CCOCC3)cc2)c(-n2nc3ccccc3n2)c1. The van der Waals surface area contributed by atoms with Crippen molar-refractivity contribution in [1.29, 1.82) is 0 Å². The van der Waals surface area contributed by atoms with E-state index < -0.39 is 0 Å². The third kappa shape index (κ3) is 4.80. The Bertz CT molecular complexity index is 1230. The number of hydrogen-bond donors (Lipinski definition) is 1. The van der Waals surface area contributed by atoms with E-state index in [9.17, 15) is 4.79 Å². The molecule has 5 rings (SSSR count). The van der Waals surface area contributed by atoms with Crippen molar-refractivity contribution in [1.82, 2.24) is 15.0 Å². The summed E-state index contributed by atoms with van der Waals surface area (Å²) in [5.74, 6) is 0.304. The standard InChI is InChI=1S/C25H25N5O3/c1-18-6-11-24(23(16-18)30-27-21-4-2-3-5-22(21)28-30)33-17-25(31)26-19-7-9-20(10-8-19)29-12-14-32-15-13-29/h2-11,16H,12-15,17H2,1H3,(H,26,31). The van der Waals surface area contributed by atoms with Crippen molar-refractivity contribution >= 4 is 28.3 Å². The maximum Gasteiger partial charge on any atom is 0.262 e. The van der Waals surface area contributed by atoms with Gasteiger partial charge in [-0.2, -0.15) is 0 Å². The predicted molar refractivity (Wildman–Crippen MR) is 127 cm³/mol. The zero-order valence-corrected chi connectivity index (χ0v) is 18.4. The number of nitrogens with zero attached hydrogens (tertiary/aromatic N) is 4. The average Bonchev–Trinajstić information content (AvgIpc) is 3.28. The van der Waals surface area contributed by atoms with Gasteiger partial charge in [-0.05, 0) is 61.0 Å². The van der Waals surface area contributed by atoms with Crippen LogP contribution in [0.4, 0.5) is 11.4 Å². The van der Waals surface area contributed by atoms with E-state index in [0.29, 0.717) is 11.4 Å². The van der Waals surface area contributed by atoms with E-state index in [1.807, 2.05) is 73.7 Å². The first-order valence-corrected chi connectivity index (χ1v) is 10.9. The maximum absolute atomic E-state index is 12.5. The molecular formula is C25H25N5O3. The number of fused-ring (bicyclic) bond motifs is 1. The lowest BCUT2D eigenvalue weighted by Crippen LogP contribution is -2.36. The minimum atomic E-state index is -0.237. The van der Waals surface area contributed by atoms with Crippen molar-refractivity contribution in [2.45, 2.75) is 6.92 Å². The van der Waals surface area contributed by atoms with Crippen molar-refractivity contribution in [2.75, 3.05) is 43.1 Å². The van der Waals surface area contributed by atoms with Gasteiger partial charge in [-0.1, -0.05) is 18.2 Å². The third-order valence-electron chi connectivity index (χ3n) is 5.50. The van der Waals surface area contributed by atoms with Gasteiger partial charge in [0, 0.05) is 24.5 Å². The quantitative estimate of drug-likeness (QED) is 0.491. The summed E-state index contributed by atoms with van der Waals surface area (Å²) in [6.07, 6.45) is 0. The van der Waals surface area contributed by atoms with Crippen molar-refractivity contribution in [3.63, 3.8) is 0 Å². The molecular weight excluding hydrogens is 418 g/mol. The molecule has 1 aliphatic rings. The fraction of sp³-hybridized carbons (Fsp3) is 0.240. The molecule has 4 aromatic rings. The van der Waals surface area contributed by atoms with Crippen molar-refractivity contribution in [3.05, 3.63) is 72.3 Å². The molecule has 0 bridgehead atoms. The first kappa shape index (κ1) is 21.0. The molecule has 1 saturated heterocycles. The van der Waals surface area contributed by atoms with Gasteiger partial charge in [0.1, 0.15) is 22.5 Å². The van der Waals surface area contributed by atoms with E-state index in [4.69, 9.17) is 9.47 Å². The molecule has 0 unspecified atom stereocenters. The number of amides is 1. The molecule has 33 heavy (non-hydrogen) atoms. The third-order valence-corrected chi connectivity index (χ3v) is 5.50. The Hall–Kier alpha value is -3.91. The predicted octanol–water partition coefficient (Wildman–Crippen LogP) is 3.58. The highest BCUT2D eigenvalue weighted by molar-refractivity contribution is 5.92. The Morgan fingerprint density at radius 3 is 2.39 bits per heavy atom. The van der Waals surface area contributed by atoms with Crippen LogP contribution in [0.2, 0.25) is 0 Å². The Morgan fingerprint density at radius 1 is 1.00 bits per heavy atom. The Morgan fingerprint density at radius 2 is 1.70 bits per heavy atom. The Kier molecular flexibility index (Phi) is 5.91. The van der Waals surface area contributed by atoms with Gasteiger partial charge in [0.25, 0.3) is 5.91 Å². The summed E-state index contributed by atoms with van der Waals surface area (Å²) in [5.41, 5.74) is 5.17. The second kappa shape index (κ2) is 9.30. The van der Waals surface area contributed by atoms with Crippen molar-refractivity contribution < 1.29 is 14.3 Å². The van der Waals surface area contributed by atoms with Gasteiger partial charge in [-0.3, -0.25) is 4.79 Å². The van der Waals surface area contributed by atoms with Gasteiger partial charge < -0.3 is 19.7 Å². The van der Waals surface area contributed by atoms with Crippen LogP contribution in [0.15, 0.2) is 66.7 Å². The number of aryl methyl sites for hydroxylation is 1. The molecule has 0 atom stereocenters. The number of benzene rings is 3. The summed E-state index contributed by atoms with van der Waals surface area (Å²) >= 11 is 0. The molecule has 3 aromatic carbocycles. The molecule has 0 radical (unpaired) electrons. The Labute approximate surface area is 191 Å². The smallest absolute Gasteiger partial charge is 0.262 e. The highest BCUT2D eigenvalue weighted by Gasteiger charge is 2.14. The topological polar surface area (TPSA) is 81.5 Å². The van der Waals surface area contributed by atoms with Gasteiger partial charge >= 0.3 is 0 Å². The number of anilines is 2. The van der Waals surface area contributed by atoms with Crippen LogP contribution in [0.1, 0.15) is 5.56 Å². The van der Waals surface area contributed by atoms with E-state index in [0.717, 1.165) is 54.3 Å². The highest BCUT2D eigenvalue weighted by Crippen LogP contribution is 2.25. The average molecular weight is 444 g/mol.